The highest BCUT2D eigenvalue weighted by atomic mass is 16.3. The summed E-state index contributed by atoms with van der Waals surface area (Å²) < 4.78 is 4.15. The molecule has 4 aromatic rings. The minimum Gasteiger partial charge on any atom is -0.389 e. The lowest BCUT2D eigenvalue weighted by Gasteiger charge is -2.20. The number of para-hydroxylation sites is 2. The molecule has 0 fully saturated rings. The molecule has 0 saturated heterocycles. The molecule has 5 heteroatoms. The number of nitrogens with zero attached hydrogens (tertiary/aromatic N) is 2. The summed E-state index contributed by atoms with van der Waals surface area (Å²) in [7, 11) is 0. The first-order chi connectivity index (χ1) is 16.4. The number of ketones is 1. The molecule has 3 aromatic carbocycles. The zero-order valence-corrected chi connectivity index (χ0v) is 20.2. The van der Waals surface area contributed by atoms with Crippen molar-refractivity contribution in [2.75, 3.05) is 6.61 Å². The summed E-state index contributed by atoms with van der Waals surface area (Å²) >= 11 is 0. The van der Waals surface area contributed by atoms with E-state index in [1.54, 1.807) is 0 Å². The van der Waals surface area contributed by atoms with Gasteiger partial charge in [-0.3, -0.25) is 10.2 Å². The molecule has 0 radical (unpaired) electrons. The van der Waals surface area contributed by atoms with Gasteiger partial charge in [0.25, 0.3) is 0 Å². The molecule has 0 aliphatic heterocycles. The number of aliphatic hydroxyl groups excluding tert-OH is 1. The number of benzene rings is 3. The average Bonchev–Trinajstić information content (AvgIpc) is 3.14. The van der Waals surface area contributed by atoms with Crippen LogP contribution in [-0.4, -0.2) is 26.6 Å². The molecule has 1 heterocycles. The largest absolute Gasteiger partial charge is 0.389 e. The van der Waals surface area contributed by atoms with Crippen LogP contribution in [0.5, 0.6) is 0 Å². The molecule has 2 N–H and O–H groups in total. The number of hydrogen-bond donors (Lipinski definition) is 2. The summed E-state index contributed by atoms with van der Waals surface area (Å²) in [6, 6.07) is 24.9. The maximum absolute atomic E-state index is 12.0. The van der Waals surface area contributed by atoms with Crippen molar-refractivity contribution >= 4 is 16.8 Å². The smallest absolute Gasteiger partial charge is 0.203 e. The van der Waals surface area contributed by atoms with Crippen molar-refractivity contribution in [1.29, 1.82) is 5.41 Å². The van der Waals surface area contributed by atoms with Gasteiger partial charge < -0.3 is 14.2 Å². The summed E-state index contributed by atoms with van der Waals surface area (Å²) in [6.07, 6.45) is 1.56. The van der Waals surface area contributed by atoms with Gasteiger partial charge in [0.15, 0.2) is 5.78 Å². The lowest BCUT2D eigenvalue weighted by Crippen LogP contribution is -2.31. The van der Waals surface area contributed by atoms with Gasteiger partial charge in [0.2, 0.25) is 5.62 Å². The van der Waals surface area contributed by atoms with E-state index < -0.39 is 6.61 Å². The minimum atomic E-state index is -0.443. The van der Waals surface area contributed by atoms with Crippen molar-refractivity contribution in [2.24, 2.45) is 0 Å². The molecule has 0 spiro atoms. The van der Waals surface area contributed by atoms with Gasteiger partial charge in [-0.25, -0.2) is 0 Å². The molecule has 0 aliphatic rings. The number of Topliss-reactive ketones (excluding diaryl/α,β-unsaturated/α-hetero) is 1. The van der Waals surface area contributed by atoms with Crippen LogP contribution in [0.15, 0.2) is 72.8 Å². The fourth-order valence-corrected chi connectivity index (χ4v) is 4.70. The Morgan fingerprint density at radius 1 is 0.882 bits per heavy atom. The number of carbonyl (C=O) groups is 1. The third-order valence-electron chi connectivity index (χ3n) is 6.69. The van der Waals surface area contributed by atoms with Crippen LogP contribution in [0.1, 0.15) is 54.1 Å². The summed E-state index contributed by atoms with van der Waals surface area (Å²) in [6.45, 7) is 5.83. The summed E-state index contributed by atoms with van der Waals surface area (Å²) in [5.74, 6) is -0.169. The first kappa shape index (κ1) is 23.7. The lowest BCUT2D eigenvalue weighted by atomic mass is 9.99. The normalized spacial score (nSPS) is 13.2. The Hall–Kier alpha value is -3.44. The van der Waals surface area contributed by atoms with Crippen LogP contribution in [0, 0.1) is 19.3 Å². The van der Waals surface area contributed by atoms with E-state index in [-0.39, 0.29) is 24.3 Å². The maximum atomic E-state index is 12.0. The fraction of sp³-hybridized carbons (Fsp3) is 0.310. The predicted octanol–water partition coefficient (Wildman–Crippen LogP) is 5.27. The molecule has 0 saturated carbocycles. The predicted molar refractivity (Wildman–Crippen MR) is 136 cm³/mol. The van der Waals surface area contributed by atoms with Crippen molar-refractivity contribution < 1.29 is 9.90 Å². The third kappa shape index (κ3) is 4.90. The molecule has 176 valence electrons. The van der Waals surface area contributed by atoms with Gasteiger partial charge in [-0.1, -0.05) is 71.8 Å². The molecular formula is C29H33N3O2. The molecular weight excluding hydrogens is 422 g/mol. The van der Waals surface area contributed by atoms with Gasteiger partial charge >= 0.3 is 0 Å². The van der Waals surface area contributed by atoms with Crippen molar-refractivity contribution in [3.8, 4) is 0 Å². The molecule has 1 aromatic heterocycles. The molecule has 34 heavy (non-hydrogen) atoms. The van der Waals surface area contributed by atoms with Gasteiger partial charge in [0, 0.05) is 12.5 Å². The van der Waals surface area contributed by atoms with E-state index >= 15 is 0 Å². The summed E-state index contributed by atoms with van der Waals surface area (Å²) in [4.78, 5) is 12.0. The number of imidazole rings is 1. The zero-order chi connectivity index (χ0) is 24.2. The van der Waals surface area contributed by atoms with Crippen LogP contribution in [0.4, 0.5) is 0 Å². The minimum absolute atomic E-state index is 0.0154. The molecule has 0 unspecified atom stereocenters. The molecule has 5 nitrogen and oxygen atoms in total. The first-order valence-electron chi connectivity index (χ1n) is 11.9. The Bertz CT molecular complexity index is 1330. The Kier molecular flexibility index (Phi) is 7.13. The van der Waals surface area contributed by atoms with E-state index in [0.29, 0.717) is 18.5 Å². The van der Waals surface area contributed by atoms with E-state index in [0.717, 1.165) is 16.6 Å². The summed E-state index contributed by atoms with van der Waals surface area (Å²) in [5, 5.41) is 18.5. The van der Waals surface area contributed by atoms with Crippen molar-refractivity contribution in [1.82, 2.24) is 9.13 Å². The molecule has 2 atom stereocenters. The number of hydrogen-bond acceptors (Lipinski definition) is 3. The van der Waals surface area contributed by atoms with Crippen LogP contribution in [-0.2, 0) is 11.2 Å². The highest BCUT2D eigenvalue weighted by Crippen LogP contribution is 2.28. The van der Waals surface area contributed by atoms with Crippen LogP contribution in [0.2, 0.25) is 0 Å². The number of aryl methyl sites for hydroxylation is 2. The van der Waals surface area contributed by atoms with Gasteiger partial charge in [0.1, 0.15) is 6.61 Å². The number of aliphatic hydroxyl groups is 1. The topological polar surface area (TPSA) is 71.0 Å². The third-order valence-corrected chi connectivity index (χ3v) is 6.69. The second-order valence-electron chi connectivity index (χ2n) is 9.22. The maximum Gasteiger partial charge on any atom is 0.203 e. The number of aromatic nitrogens is 2. The van der Waals surface area contributed by atoms with Gasteiger partial charge in [-0.15, -0.1) is 0 Å². The molecule has 4 rings (SSSR count). The Balaban J connectivity index is 1.82. The van der Waals surface area contributed by atoms with Crippen LogP contribution in [0.3, 0.4) is 0 Å². The molecule has 0 bridgehead atoms. The van der Waals surface area contributed by atoms with Gasteiger partial charge in [-0.2, -0.15) is 0 Å². The van der Waals surface area contributed by atoms with Crippen LogP contribution in [0.25, 0.3) is 11.0 Å². The highest BCUT2D eigenvalue weighted by Gasteiger charge is 2.22. The van der Waals surface area contributed by atoms with Crippen molar-refractivity contribution in [3.05, 3.63) is 101 Å². The SMILES string of the molecule is Cc1ccc(C[C@@H](CCC(=O)CO)n2c(=N)n([C@H](C)c3ccc(C)cc3)c3ccccc32)cc1. The monoisotopic (exact) mass is 455 g/mol. The van der Waals surface area contributed by atoms with Gasteiger partial charge in [-0.05, 0) is 56.9 Å². The second-order valence-corrected chi connectivity index (χ2v) is 9.22. The van der Waals surface area contributed by atoms with E-state index in [4.69, 9.17) is 0 Å². The first-order valence-corrected chi connectivity index (χ1v) is 11.9. The molecule has 0 amide bonds. The van der Waals surface area contributed by atoms with E-state index in [1.165, 1.54) is 16.7 Å². The van der Waals surface area contributed by atoms with Gasteiger partial charge in [0.05, 0.1) is 17.1 Å². The number of carbonyl (C=O) groups excluding carboxylic acids is 1. The van der Waals surface area contributed by atoms with E-state index in [2.05, 4.69) is 90.6 Å². The standard InChI is InChI=1S/C29H33N3O2/c1-20-8-12-23(13-9-20)18-25(16-17-26(34)19-33)32-28-7-5-4-6-27(28)31(29(32)30)22(3)24-14-10-21(2)11-15-24/h4-15,22,25,30,33H,16-19H2,1-3H3/t22-,25-/m1/s1. The van der Waals surface area contributed by atoms with E-state index in [9.17, 15) is 15.3 Å². The Morgan fingerprint density at radius 2 is 1.44 bits per heavy atom. The summed E-state index contributed by atoms with van der Waals surface area (Å²) in [5.41, 5.74) is 7.14. The number of fused-ring (bicyclic) bond motifs is 1. The second kappa shape index (κ2) is 10.2. The Labute approximate surface area is 200 Å². The van der Waals surface area contributed by atoms with E-state index in [1.807, 2.05) is 12.1 Å². The number of rotatable bonds is 9. The Morgan fingerprint density at radius 3 is 2.03 bits per heavy atom. The van der Waals surface area contributed by atoms with Crippen molar-refractivity contribution in [2.45, 2.75) is 52.1 Å². The molecule has 0 aliphatic carbocycles. The quantitative estimate of drug-likeness (QED) is 0.361. The number of nitrogens with one attached hydrogen (secondary N) is 1. The fourth-order valence-electron chi connectivity index (χ4n) is 4.70. The van der Waals surface area contributed by atoms with Crippen LogP contribution >= 0.6 is 0 Å². The zero-order valence-electron chi connectivity index (χ0n) is 20.2. The lowest BCUT2D eigenvalue weighted by molar-refractivity contribution is -0.122. The highest BCUT2D eigenvalue weighted by molar-refractivity contribution is 5.79. The van der Waals surface area contributed by atoms with Crippen molar-refractivity contribution in [3.63, 3.8) is 0 Å². The average molecular weight is 456 g/mol. The van der Waals surface area contributed by atoms with Crippen LogP contribution < -0.4 is 5.62 Å².